The van der Waals surface area contributed by atoms with E-state index in [1.54, 1.807) is 67.8 Å². The van der Waals surface area contributed by atoms with E-state index in [-0.39, 0.29) is 11.4 Å². The van der Waals surface area contributed by atoms with Crippen LogP contribution in [0.15, 0.2) is 83.9 Å². The van der Waals surface area contributed by atoms with E-state index in [4.69, 9.17) is 4.74 Å². The Hall–Kier alpha value is -4.33. The number of hydrogen-bond donors (Lipinski definition) is 1. The molecule has 4 aromatic rings. The van der Waals surface area contributed by atoms with Crippen molar-refractivity contribution in [1.29, 1.82) is 0 Å². The molecule has 0 unspecified atom stereocenters. The number of para-hydroxylation sites is 1. The van der Waals surface area contributed by atoms with E-state index >= 15 is 0 Å². The molecule has 0 saturated heterocycles. The predicted octanol–water partition coefficient (Wildman–Crippen LogP) is 4.12. The lowest BCUT2D eigenvalue weighted by atomic mass is 10.2. The number of carbonyl (C=O) groups is 1. The topological polar surface area (TPSA) is 86.1 Å². The third-order valence-corrected chi connectivity index (χ3v) is 4.40. The number of rotatable bonds is 5. The van der Waals surface area contributed by atoms with Crippen molar-refractivity contribution in [2.24, 2.45) is 0 Å². The normalized spacial score (nSPS) is 10.5. The van der Waals surface area contributed by atoms with Crippen LogP contribution >= 0.6 is 0 Å². The minimum absolute atomic E-state index is 0.145. The number of pyridine rings is 1. The van der Waals surface area contributed by atoms with E-state index in [2.05, 4.69) is 15.4 Å². The average Bonchev–Trinajstić information content (AvgIpc) is 2.76. The van der Waals surface area contributed by atoms with E-state index in [0.717, 1.165) is 0 Å². The van der Waals surface area contributed by atoms with Gasteiger partial charge in [0.2, 0.25) is 5.43 Å². The van der Waals surface area contributed by atoms with Gasteiger partial charge in [-0.3, -0.25) is 14.6 Å². The van der Waals surface area contributed by atoms with Crippen molar-refractivity contribution in [3.05, 3.63) is 107 Å². The Kier molecular flexibility index (Phi) is 5.53. The van der Waals surface area contributed by atoms with Gasteiger partial charge in [0.25, 0.3) is 5.91 Å². The molecule has 0 atom stereocenters. The van der Waals surface area contributed by atoms with Gasteiger partial charge in [-0.05, 0) is 55.5 Å². The summed E-state index contributed by atoms with van der Waals surface area (Å²) in [4.78, 5) is 28.9. The summed E-state index contributed by atoms with van der Waals surface area (Å²) in [5.41, 5.74) is 0.105. The van der Waals surface area contributed by atoms with Gasteiger partial charge >= 0.3 is 0 Å². The molecular formula is C23H17FN4O3. The Morgan fingerprint density at radius 1 is 1.00 bits per heavy atom. The number of halogens is 1. The number of benzene rings is 2. The van der Waals surface area contributed by atoms with Gasteiger partial charge in [0.15, 0.2) is 5.69 Å². The minimum atomic E-state index is -0.696. The standard InChI is InChI=1S/C23H17FN4O3/c1-15-14-21(29)22(27-28(15)20-5-3-2-4-19(20)24)23(30)26-16-6-8-17(9-7-16)31-18-10-12-25-13-11-18/h2-14H,1H3,(H,26,30). The smallest absolute Gasteiger partial charge is 0.280 e. The fourth-order valence-corrected chi connectivity index (χ4v) is 2.91. The predicted molar refractivity (Wildman–Crippen MR) is 113 cm³/mol. The van der Waals surface area contributed by atoms with Crippen molar-refractivity contribution in [1.82, 2.24) is 14.8 Å². The first-order chi connectivity index (χ1) is 15.0. The molecule has 0 aliphatic rings. The summed E-state index contributed by atoms with van der Waals surface area (Å²) >= 11 is 0. The fraction of sp³-hybridized carbons (Fsp3) is 0.0435. The molecule has 8 heteroatoms. The fourth-order valence-electron chi connectivity index (χ4n) is 2.91. The largest absolute Gasteiger partial charge is 0.457 e. The first-order valence-electron chi connectivity index (χ1n) is 9.36. The Bertz CT molecular complexity index is 1290. The third-order valence-electron chi connectivity index (χ3n) is 4.40. The number of hydrogen-bond acceptors (Lipinski definition) is 5. The third kappa shape index (κ3) is 4.48. The van der Waals surface area contributed by atoms with Crippen molar-refractivity contribution < 1.29 is 13.9 Å². The van der Waals surface area contributed by atoms with E-state index in [9.17, 15) is 14.0 Å². The van der Waals surface area contributed by atoms with E-state index in [1.807, 2.05) is 0 Å². The molecule has 0 spiro atoms. The van der Waals surface area contributed by atoms with Gasteiger partial charge in [-0.25, -0.2) is 9.07 Å². The Morgan fingerprint density at radius 2 is 1.68 bits per heavy atom. The number of ether oxygens (including phenoxy) is 1. The molecule has 154 valence electrons. The minimum Gasteiger partial charge on any atom is -0.457 e. The summed E-state index contributed by atoms with van der Waals surface area (Å²) in [5, 5.41) is 6.72. The second-order valence-corrected chi connectivity index (χ2v) is 6.63. The summed E-state index contributed by atoms with van der Waals surface area (Å²) in [5.74, 6) is -0.0142. The lowest BCUT2D eigenvalue weighted by Gasteiger charge is -2.12. The Morgan fingerprint density at radius 3 is 2.39 bits per heavy atom. The first kappa shape index (κ1) is 20.0. The molecule has 0 radical (unpaired) electrons. The molecule has 1 amide bonds. The van der Waals surface area contributed by atoms with Crippen molar-refractivity contribution in [2.75, 3.05) is 5.32 Å². The van der Waals surface area contributed by atoms with Crippen LogP contribution in [0.5, 0.6) is 11.5 Å². The molecule has 0 fully saturated rings. The van der Waals surface area contributed by atoms with Crippen LogP contribution in [0.4, 0.5) is 10.1 Å². The van der Waals surface area contributed by atoms with Crippen LogP contribution in [-0.4, -0.2) is 20.7 Å². The highest BCUT2D eigenvalue weighted by Crippen LogP contribution is 2.22. The molecule has 0 bridgehead atoms. The maximum atomic E-state index is 14.2. The van der Waals surface area contributed by atoms with Gasteiger partial charge in [0.05, 0.1) is 0 Å². The van der Waals surface area contributed by atoms with Gasteiger partial charge in [0, 0.05) is 29.8 Å². The Balaban J connectivity index is 1.55. The van der Waals surface area contributed by atoms with Gasteiger partial charge in [0.1, 0.15) is 23.0 Å². The van der Waals surface area contributed by atoms with Crippen LogP contribution in [0, 0.1) is 12.7 Å². The van der Waals surface area contributed by atoms with E-state index in [1.165, 1.54) is 22.9 Å². The van der Waals surface area contributed by atoms with Crippen LogP contribution < -0.4 is 15.5 Å². The first-order valence-corrected chi connectivity index (χ1v) is 9.36. The highest BCUT2D eigenvalue weighted by molar-refractivity contribution is 6.02. The quantitative estimate of drug-likeness (QED) is 0.529. The lowest BCUT2D eigenvalue weighted by molar-refractivity contribution is 0.101. The summed E-state index contributed by atoms with van der Waals surface area (Å²) in [7, 11) is 0. The molecule has 2 heterocycles. The highest BCUT2D eigenvalue weighted by atomic mass is 19.1. The number of aryl methyl sites for hydroxylation is 1. The molecule has 7 nitrogen and oxygen atoms in total. The van der Waals surface area contributed by atoms with Gasteiger partial charge in [-0.1, -0.05) is 12.1 Å². The van der Waals surface area contributed by atoms with Crippen molar-refractivity contribution in [3.63, 3.8) is 0 Å². The monoisotopic (exact) mass is 416 g/mol. The van der Waals surface area contributed by atoms with Crippen molar-refractivity contribution in [2.45, 2.75) is 6.92 Å². The highest BCUT2D eigenvalue weighted by Gasteiger charge is 2.17. The maximum absolute atomic E-state index is 14.2. The van der Waals surface area contributed by atoms with Crippen LogP contribution in [0.2, 0.25) is 0 Å². The van der Waals surface area contributed by atoms with Crippen LogP contribution in [0.25, 0.3) is 5.69 Å². The van der Waals surface area contributed by atoms with Crippen LogP contribution in [-0.2, 0) is 0 Å². The van der Waals surface area contributed by atoms with Gasteiger partial charge in [-0.2, -0.15) is 5.10 Å². The van der Waals surface area contributed by atoms with Gasteiger partial charge < -0.3 is 10.1 Å². The molecular weight excluding hydrogens is 399 g/mol. The number of nitrogens with one attached hydrogen (secondary N) is 1. The molecule has 2 aromatic heterocycles. The lowest BCUT2D eigenvalue weighted by Crippen LogP contribution is -2.27. The van der Waals surface area contributed by atoms with Gasteiger partial charge in [-0.15, -0.1) is 0 Å². The summed E-state index contributed by atoms with van der Waals surface area (Å²) < 4.78 is 21.1. The summed E-state index contributed by atoms with van der Waals surface area (Å²) in [6, 6.07) is 17.3. The van der Waals surface area contributed by atoms with Crippen LogP contribution in [0.1, 0.15) is 16.2 Å². The SMILES string of the molecule is Cc1cc(=O)c(C(=O)Nc2ccc(Oc3ccncc3)cc2)nn1-c1ccccc1F. The summed E-state index contributed by atoms with van der Waals surface area (Å²) in [6.07, 6.45) is 3.24. The average molecular weight is 416 g/mol. The zero-order chi connectivity index (χ0) is 21.8. The zero-order valence-corrected chi connectivity index (χ0v) is 16.4. The maximum Gasteiger partial charge on any atom is 0.280 e. The molecule has 0 aliphatic carbocycles. The zero-order valence-electron chi connectivity index (χ0n) is 16.4. The van der Waals surface area contributed by atoms with E-state index < -0.39 is 17.2 Å². The summed E-state index contributed by atoms with van der Waals surface area (Å²) in [6.45, 7) is 1.62. The number of amides is 1. The Labute approximate surface area is 176 Å². The number of aromatic nitrogens is 3. The molecule has 2 aromatic carbocycles. The number of anilines is 1. The van der Waals surface area contributed by atoms with Crippen LogP contribution in [0.3, 0.4) is 0 Å². The molecule has 1 N–H and O–H groups in total. The van der Waals surface area contributed by atoms with E-state index in [0.29, 0.717) is 22.9 Å². The molecule has 0 saturated carbocycles. The molecule has 4 rings (SSSR count). The second kappa shape index (κ2) is 8.58. The molecule has 0 aliphatic heterocycles. The second-order valence-electron chi connectivity index (χ2n) is 6.63. The number of nitrogens with zero attached hydrogens (tertiary/aromatic N) is 3. The van der Waals surface area contributed by atoms with Crippen molar-refractivity contribution in [3.8, 4) is 17.2 Å². The van der Waals surface area contributed by atoms with Crippen molar-refractivity contribution >= 4 is 11.6 Å². The molecule has 31 heavy (non-hydrogen) atoms. The number of carbonyl (C=O) groups excluding carboxylic acids is 1.